The number of pyridine rings is 1. The fourth-order valence-corrected chi connectivity index (χ4v) is 2.23. The van der Waals surface area contributed by atoms with E-state index in [-0.39, 0.29) is 0 Å². The molecule has 0 N–H and O–H groups in total. The summed E-state index contributed by atoms with van der Waals surface area (Å²) < 4.78 is 0. The van der Waals surface area contributed by atoms with E-state index in [9.17, 15) is 4.79 Å². The van der Waals surface area contributed by atoms with Gasteiger partial charge in [-0.15, -0.1) is 0 Å². The summed E-state index contributed by atoms with van der Waals surface area (Å²) in [6.45, 7) is 2.03. The second-order valence-electron chi connectivity index (χ2n) is 4.61. The second kappa shape index (κ2) is 4.65. The molecule has 0 aliphatic heterocycles. The van der Waals surface area contributed by atoms with Gasteiger partial charge in [0.25, 0.3) is 0 Å². The number of hydrogen-bond donors (Lipinski definition) is 0. The zero-order valence-corrected chi connectivity index (χ0v) is 10.6. The van der Waals surface area contributed by atoms with Gasteiger partial charge in [-0.3, -0.25) is 4.79 Å². The highest BCUT2D eigenvalue weighted by molar-refractivity contribution is 5.93. The highest BCUT2D eigenvalue weighted by Gasteiger charge is 2.08. The normalized spacial score (nSPS) is 10.6. The van der Waals surface area contributed by atoms with Crippen molar-refractivity contribution in [2.45, 2.75) is 6.92 Å². The van der Waals surface area contributed by atoms with Crippen LogP contribution >= 0.6 is 0 Å². The smallest absolute Gasteiger partial charge is 0.152 e. The topological polar surface area (TPSA) is 30.0 Å². The van der Waals surface area contributed by atoms with Gasteiger partial charge in [0.15, 0.2) is 6.29 Å². The van der Waals surface area contributed by atoms with Crippen molar-refractivity contribution < 1.29 is 4.79 Å². The summed E-state index contributed by atoms with van der Waals surface area (Å²) in [4.78, 5) is 15.9. The maximum atomic E-state index is 11.3. The van der Waals surface area contributed by atoms with E-state index in [1.807, 2.05) is 61.5 Å². The van der Waals surface area contributed by atoms with E-state index in [1.165, 1.54) is 5.56 Å². The van der Waals surface area contributed by atoms with Gasteiger partial charge in [0.05, 0.1) is 11.2 Å². The number of aryl methyl sites for hydroxylation is 1. The number of benzene rings is 2. The van der Waals surface area contributed by atoms with Crippen molar-refractivity contribution in [3.8, 4) is 11.3 Å². The molecule has 0 saturated carbocycles. The number of nitrogens with zero attached hydrogens (tertiary/aromatic N) is 1. The minimum atomic E-state index is 0.629. The zero-order chi connectivity index (χ0) is 13.2. The molecule has 0 aliphatic rings. The molecule has 0 unspecified atom stereocenters. The molecule has 1 aromatic heterocycles. The Kier molecular flexibility index (Phi) is 2.84. The van der Waals surface area contributed by atoms with E-state index in [0.717, 1.165) is 28.4 Å². The molecule has 92 valence electrons. The quantitative estimate of drug-likeness (QED) is 0.640. The van der Waals surface area contributed by atoms with Gasteiger partial charge >= 0.3 is 0 Å². The fraction of sp³-hybridized carbons (Fsp3) is 0.0588. The molecular formula is C17H13NO. The van der Waals surface area contributed by atoms with Crippen LogP contribution in [-0.4, -0.2) is 11.3 Å². The molecule has 1 heterocycles. The minimum absolute atomic E-state index is 0.629. The first kappa shape index (κ1) is 11.6. The Labute approximate surface area is 111 Å². The van der Waals surface area contributed by atoms with Gasteiger partial charge < -0.3 is 0 Å². The van der Waals surface area contributed by atoms with Crippen molar-refractivity contribution in [2.75, 3.05) is 0 Å². The Morgan fingerprint density at radius 1 is 1.00 bits per heavy atom. The van der Waals surface area contributed by atoms with Crippen LogP contribution in [0.15, 0.2) is 54.6 Å². The molecule has 0 spiro atoms. The average molecular weight is 247 g/mol. The molecule has 2 nitrogen and oxygen atoms in total. The van der Waals surface area contributed by atoms with Gasteiger partial charge in [0.1, 0.15) is 0 Å². The highest BCUT2D eigenvalue weighted by atomic mass is 16.1. The molecule has 3 aromatic rings. The predicted octanol–water partition coefficient (Wildman–Crippen LogP) is 4.02. The number of hydrogen-bond acceptors (Lipinski definition) is 2. The van der Waals surface area contributed by atoms with Gasteiger partial charge in [-0.05, 0) is 25.1 Å². The maximum absolute atomic E-state index is 11.3. The number of carbonyl (C=O) groups excluding carboxylic acids is 1. The molecule has 3 rings (SSSR count). The SMILES string of the molecule is Cc1ccc2nc(-c3ccccc3)c(C=O)cc2c1. The van der Waals surface area contributed by atoms with E-state index in [0.29, 0.717) is 5.56 Å². The number of carbonyl (C=O) groups is 1. The third-order valence-corrected chi connectivity index (χ3v) is 3.17. The van der Waals surface area contributed by atoms with Gasteiger partial charge in [-0.1, -0.05) is 42.0 Å². The van der Waals surface area contributed by atoms with E-state index in [2.05, 4.69) is 4.98 Å². The molecule has 0 fully saturated rings. The lowest BCUT2D eigenvalue weighted by atomic mass is 10.0. The van der Waals surface area contributed by atoms with Gasteiger partial charge in [0.2, 0.25) is 0 Å². The Morgan fingerprint density at radius 2 is 1.79 bits per heavy atom. The van der Waals surface area contributed by atoms with E-state index in [4.69, 9.17) is 0 Å². The lowest BCUT2D eigenvalue weighted by Gasteiger charge is -2.07. The van der Waals surface area contributed by atoms with Crippen LogP contribution in [0, 0.1) is 6.92 Å². The molecule has 0 amide bonds. The molecule has 0 atom stereocenters. The summed E-state index contributed by atoms with van der Waals surface area (Å²) >= 11 is 0. The van der Waals surface area contributed by atoms with E-state index >= 15 is 0 Å². The Balaban J connectivity index is 2.30. The molecule has 19 heavy (non-hydrogen) atoms. The van der Waals surface area contributed by atoms with Crippen molar-refractivity contribution >= 4 is 17.2 Å². The standard InChI is InChI=1S/C17H13NO/c1-12-7-8-16-14(9-12)10-15(11-19)17(18-16)13-5-3-2-4-6-13/h2-11H,1H3. The molecule has 0 aliphatic carbocycles. The summed E-state index contributed by atoms with van der Waals surface area (Å²) in [5, 5.41) is 1.00. The van der Waals surface area contributed by atoms with Crippen molar-refractivity contribution in [1.29, 1.82) is 0 Å². The largest absolute Gasteiger partial charge is 0.298 e. The predicted molar refractivity (Wildman–Crippen MR) is 77.3 cm³/mol. The summed E-state index contributed by atoms with van der Waals surface area (Å²) in [5.41, 5.74) is 4.41. The number of aldehydes is 1. The van der Waals surface area contributed by atoms with Crippen molar-refractivity contribution in [3.05, 3.63) is 65.7 Å². The van der Waals surface area contributed by atoms with Crippen molar-refractivity contribution in [1.82, 2.24) is 4.98 Å². The maximum Gasteiger partial charge on any atom is 0.152 e. The zero-order valence-electron chi connectivity index (χ0n) is 10.6. The van der Waals surface area contributed by atoms with Gasteiger partial charge in [-0.2, -0.15) is 0 Å². The molecule has 0 bridgehead atoms. The highest BCUT2D eigenvalue weighted by Crippen LogP contribution is 2.25. The molecule has 0 radical (unpaired) electrons. The van der Waals surface area contributed by atoms with E-state index < -0.39 is 0 Å². The number of fused-ring (bicyclic) bond motifs is 1. The molecular weight excluding hydrogens is 234 g/mol. The summed E-state index contributed by atoms with van der Waals surface area (Å²) in [6, 6.07) is 17.8. The molecule has 2 heteroatoms. The Morgan fingerprint density at radius 3 is 2.53 bits per heavy atom. The van der Waals surface area contributed by atoms with E-state index in [1.54, 1.807) is 0 Å². The van der Waals surface area contributed by atoms with Crippen LogP contribution in [0.25, 0.3) is 22.2 Å². The lowest BCUT2D eigenvalue weighted by Crippen LogP contribution is -1.93. The average Bonchev–Trinajstić information content (AvgIpc) is 2.46. The van der Waals surface area contributed by atoms with Crippen LogP contribution in [0.2, 0.25) is 0 Å². The Bertz CT molecular complexity index is 748. The first-order valence-corrected chi connectivity index (χ1v) is 6.20. The van der Waals surface area contributed by atoms with Crippen LogP contribution in [0.3, 0.4) is 0 Å². The molecule has 2 aromatic carbocycles. The third-order valence-electron chi connectivity index (χ3n) is 3.17. The first-order chi connectivity index (χ1) is 9.28. The van der Waals surface area contributed by atoms with Crippen molar-refractivity contribution in [2.24, 2.45) is 0 Å². The van der Waals surface area contributed by atoms with Crippen LogP contribution < -0.4 is 0 Å². The molecule has 0 saturated heterocycles. The first-order valence-electron chi connectivity index (χ1n) is 6.20. The van der Waals surface area contributed by atoms with Crippen molar-refractivity contribution in [3.63, 3.8) is 0 Å². The number of aromatic nitrogens is 1. The lowest BCUT2D eigenvalue weighted by molar-refractivity contribution is 0.112. The van der Waals surface area contributed by atoms with Gasteiger partial charge in [0, 0.05) is 16.5 Å². The number of rotatable bonds is 2. The summed E-state index contributed by atoms with van der Waals surface area (Å²) in [5.74, 6) is 0. The summed E-state index contributed by atoms with van der Waals surface area (Å²) in [7, 11) is 0. The minimum Gasteiger partial charge on any atom is -0.298 e. The Hall–Kier alpha value is -2.48. The monoisotopic (exact) mass is 247 g/mol. The third kappa shape index (κ3) is 2.13. The van der Waals surface area contributed by atoms with Gasteiger partial charge in [-0.25, -0.2) is 4.98 Å². The summed E-state index contributed by atoms with van der Waals surface area (Å²) in [6.07, 6.45) is 0.872. The van der Waals surface area contributed by atoms with Crippen LogP contribution in [-0.2, 0) is 0 Å². The van der Waals surface area contributed by atoms with Crippen LogP contribution in [0.4, 0.5) is 0 Å². The van der Waals surface area contributed by atoms with Crippen LogP contribution in [0.1, 0.15) is 15.9 Å². The second-order valence-corrected chi connectivity index (χ2v) is 4.61. The van der Waals surface area contributed by atoms with Crippen LogP contribution in [0.5, 0.6) is 0 Å². The fourth-order valence-electron chi connectivity index (χ4n) is 2.23.